The average molecular weight is 455 g/mol. The van der Waals surface area contributed by atoms with E-state index in [2.05, 4.69) is 5.32 Å². The number of nitriles is 1. The lowest BCUT2D eigenvalue weighted by Crippen LogP contribution is -2.39. The summed E-state index contributed by atoms with van der Waals surface area (Å²) >= 11 is 5.81. The van der Waals surface area contributed by atoms with E-state index in [1.165, 1.54) is 41.3 Å². The van der Waals surface area contributed by atoms with Crippen LogP contribution in [0.15, 0.2) is 60.7 Å². The van der Waals surface area contributed by atoms with E-state index < -0.39 is 17.7 Å². The van der Waals surface area contributed by atoms with Crippen LogP contribution in [0.3, 0.4) is 0 Å². The van der Waals surface area contributed by atoms with Crippen LogP contribution in [0.5, 0.6) is 0 Å². The molecular weight excluding hydrogens is 434 g/mol. The van der Waals surface area contributed by atoms with E-state index in [-0.39, 0.29) is 5.02 Å². The Morgan fingerprint density at radius 2 is 1.69 bits per heavy atom. The van der Waals surface area contributed by atoms with Crippen LogP contribution >= 0.6 is 11.6 Å². The van der Waals surface area contributed by atoms with Gasteiger partial charge < -0.3 is 10.2 Å². The number of rotatable bonds is 6. The third kappa shape index (κ3) is 5.61. The molecule has 32 heavy (non-hydrogen) atoms. The zero-order chi connectivity index (χ0) is 23.3. The van der Waals surface area contributed by atoms with E-state index in [1.54, 1.807) is 24.3 Å². The molecule has 0 spiro atoms. The number of halogens is 3. The van der Waals surface area contributed by atoms with Crippen molar-refractivity contribution in [2.45, 2.75) is 0 Å². The van der Waals surface area contributed by atoms with Gasteiger partial charge in [-0.2, -0.15) is 5.26 Å². The van der Waals surface area contributed by atoms with Gasteiger partial charge in [0.1, 0.15) is 11.6 Å². The highest BCUT2D eigenvalue weighted by Gasteiger charge is 2.17. The Balaban J connectivity index is 1.87. The third-order valence-electron chi connectivity index (χ3n) is 4.77. The summed E-state index contributed by atoms with van der Waals surface area (Å²) in [5.41, 5.74) is 2.21. The van der Waals surface area contributed by atoms with Crippen LogP contribution in [0.25, 0.3) is 11.1 Å². The minimum absolute atomic E-state index is 0.0892. The molecule has 8 heteroatoms. The number of likely N-dealkylation sites (N-methyl/N-ethyl adjacent to an activating group) is 1. The SMILES string of the molecule is CN(C)CCN(C(=O)Nc1ccc(F)c(Cl)c1)c1ccc(-c2cc(C#N)ccc2F)cc1. The van der Waals surface area contributed by atoms with Gasteiger partial charge in [-0.15, -0.1) is 0 Å². The lowest BCUT2D eigenvalue weighted by molar-refractivity contribution is 0.256. The number of nitrogens with one attached hydrogen (secondary N) is 1. The van der Waals surface area contributed by atoms with Crippen molar-refractivity contribution in [1.82, 2.24) is 4.90 Å². The first-order valence-electron chi connectivity index (χ1n) is 9.77. The average Bonchev–Trinajstić information content (AvgIpc) is 2.77. The third-order valence-corrected chi connectivity index (χ3v) is 5.06. The first-order chi connectivity index (χ1) is 15.3. The van der Waals surface area contributed by atoms with Gasteiger partial charge in [0.15, 0.2) is 0 Å². The topological polar surface area (TPSA) is 59.4 Å². The first-order valence-corrected chi connectivity index (χ1v) is 10.1. The molecule has 0 radical (unpaired) electrons. The number of benzene rings is 3. The smallest absolute Gasteiger partial charge is 0.308 e. The van der Waals surface area contributed by atoms with Crippen molar-refractivity contribution < 1.29 is 13.6 Å². The fourth-order valence-electron chi connectivity index (χ4n) is 3.05. The van der Waals surface area contributed by atoms with E-state index in [9.17, 15) is 13.6 Å². The second kappa shape index (κ2) is 10.2. The molecule has 3 aromatic carbocycles. The van der Waals surface area contributed by atoms with E-state index in [0.29, 0.717) is 41.2 Å². The Morgan fingerprint density at radius 3 is 2.31 bits per heavy atom. The van der Waals surface area contributed by atoms with Gasteiger partial charge in [0.2, 0.25) is 0 Å². The minimum atomic E-state index is -0.572. The van der Waals surface area contributed by atoms with Crippen LogP contribution in [-0.4, -0.2) is 38.1 Å². The lowest BCUT2D eigenvalue weighted by atomic mass is 10.0. The molecule has 0 atom stereocenters. The molecule has 0 fully saturated rings. The number of nitrogens with zero attached hydrogens (tertiary/aromatic N) is 3. The molecule has 0 aliphatic rings. The van der Waals surface area contributed by atoms with Crippen molar-refractivity contribution in [1.29, 1.82) is 5.26 Å². The maximum atomic E-state index is 14.3. The van der Waals surface area contributed by atoms with E-state index >= 15 is 0 Å². The number of anilines is 2. The molecule has 2 amide bonds. The molecule has 0 aliphatic heterocycles. The Morgan fingerprint density at radius 1 is 1.00 bits per heavy atom. The molecular formula is C24H21ClF2N4O. The van der Waals surface area contributed by atoms with Crippen LogP contribution in [0.1, 0.15) is 5.56 Å². The summed E-state index contributed by atoms with van der Waals surface area (Å²) in [6, 6.07) is 16.5. The highest BCUT2D eigenvalue weighted by Crippen LogP contribution is 2.27. The number of urea groups is 1. The maximum absolute atomic E-state index is 14.3. The van der Waals surface area contributed by atoms with E-state index in [4.69, 9.17) is 16.9 Å². The molecule has 0 heterocycles. The lowest BCUT2D eigenvalue weighted by Gasteiger charge is -2.25. The Kier molecular flexibility index (Phi) is 7.41. The standard InChI is InChI=1S/C24H21ClF2N4O/c1-30(2)11-12-31(24(32)29-18-6-10-23(27)21(25)14-18)19-7-4-17(5-8-19)20-13-16(15-28)3-9-22(20)26/h3-10,13-14H,11-12H2,1-2H3,(H,29,32). The molecule has 164 valence electrons. The predicted octanol–water partition coefficient (Wildman–Crippen LogP) is 5.76. The van der Waals surface area contributed by atoms with Crippen LogP contribution < -0.4 is 10.2 Å². The van der Waals surface area contributed by atoms with Crippen molar-refractivity contribution in [3.8, 4) is 17.2 Å². The molecule has 3 rings (SSSR count). The predicted molar refractivity (Wildman–Crippen MR) is 123 cm³/mol. The van der Waals surface area contributed by atoms with Crippen LogP contribution in [0.4, 0.5) is 25.0 Å². The van der Waals surface area contributed by atoms with Gasteiger partial charge >= 0.3 is 6.03 Å². The van der Waals surface area contributed by atoms with Gasteiger partial charge in [-0.25, -0.2) is 13.6 Å². The number of hydrogen-bond acceptors (Lipinski definition) is 3. The fraction of sp³-hybridized carbons (Fsp3) is 0.167. The number of amides is 2. The Hall–Kier alpha value is -3.47. The van der Waals surface area contributed by atoms with Gasteiger partial charge in [0.25, 0.3) is 0 Å². The molecule has 0 saturated carbocycles. The summed E-state index contributed by atoms with van der Waals surface area (Å²) in [4.78, 5) is 16.4. The zero-order valence-corrected chi connectivity index (χ0v) is 18.3. The normalized spacial score (nSPS) is 10.7. The number of hydrogen-bond donors (Lipinski definition) is 1. The van der Waals surface area contributed by atoms with Crippen molar-refractivity contribution in [2.75, 3.05) is 37.4 Å². The van der Waals surface area contributed by atoms with Crippen LogP contribution in [0.2, 0.25) is 5.02 Å². The number of carbonyl (C=O) groups excluding carboxylic acids is 1. The number of carbonyl (C=O) groups is 1. The molecule has 1 N–H and O–H groups in total. The molecule has 0 bridgehead atoms. The largest absolute Gasteiger partial charge is 0.326 e. The summed E-state index contributed by atoms with van der Waals surface area (Å²) in [7, 11) is 3.79. The van der Waals surface area contributed by atoms with E-state index in [1.807, 2.05) is 25.1 Å². The highest BCUT2D eigenvalue weighted by atomic mass is 35.5. The Labute approximate surface area is 190 Å². The van der Waals surface area contributed by atoms with Crippen LogP contribution in [-0.2, 0) is 0 Å². The van der Waals surface area contributed by atoms with Gasteiger partial charge in [-0.3, -0.25) is 4.90 Å². The fourth-order valence-corrected chi connectivity index (χ4v) is 3.23. The van der Waals surface area contributed by atoms with Gasteiger partial charge in [-0.05, 0) is 68.2 Å². The monoisotopic (exact) mass is 454 g/mol. The highest BCUT2D eigenvalue weighted by molar-refractivity contribution is 6.31. The van der Waals surface area contributed by atoms with Gasteiger partial charge in [0, 0.05) is 30.0 Å². The molecule has 0 unspecified atom stereocenters. The van der Waals surface area contributed by atoms with Gasteiger partial charge in [0.05, 0.1) is 16.7 Å². The minimum Gasteiger partial charge on any atom is -0.308 e. The summed E-state index contributed by atoms with van der Waals surface area (Å²) in [6.07, 6.45) is 0. The summed E-state index contributed by atoms with van der Waals surface area (Å²) < 4.78 is 27.7. The molecule has 0 saturated heterocycles. The zero-order valence-electron chi connectivity index (χ0n) is 17.6. The summed E-state index contributed by atoms with van der Waals surface area (Å²) in [5, 5.41) is 11.7. The summed E-state index contributed by atoms with van der Waals surface area (Å²) in [5.74, 6) is -1.01. The molecule has 3 aromatic rings. The van der Waals surface area contributed by atoms with E-state index in [0.717, 1.165) is 0 Å². The first kappa shape index (κ1) is 23.2. The van der Waals surface area contributed by atoms with Crippen molar-refractivity contribution >= 4 is 29.0 Å². The second-order valence-electron chi connectivity index (χ2n) is 7.37. The molecule has 5 nitrogen and oxygen atoms in total. The molecule has 0 aromatic heterocycles. The maximum Gasteiger partial charge on any atom is 0.326 e. The Bertz CT molecular complexity index is 1160. The van der Waals surface area contributed by atoms with Crippen molar-refractivity contribution in [3.63, 3.8) is 0 Å². The van der Waals surface area contributed by atoms with Crippen molar-refractivity contribution in [3.05, 3.63) is 82.9 Å². The quantitative estimate of drug-likeness (QED) is 0.515. The van der Waals surface area contributed by atoms with Crippen LogP contribution in [0, 0.1) is 23.0 Å². The van der Waals surface area contributed by atoms with Crippen molar-refractivity contribution in [2.24, 2.45) is 0 Å². The second-order valence-corrected chi connectivity index (χ2v) is 7.77. The molecule has 0 aliphatic carbocycles. The summed E-state index contributed by atoms with van der Waals surface area (Å²) in [6.45, 7) is 0.976. The van der Waals surface area contributed by atoms with Gasteiger partial charge in [-0.1, -0.05) is 23.7 Å².